The summed E-state index contributed by atoms with van der Waals surface area (Å²) in [6.07, 6.45) is 1.50. The van der Waals surface area contributed by atoms with Gasteiger partial charge in [-0.15, -0.1) is 0 Å². The summed E-state index contributed by atoms with van der Waals surface area (Å²) >= 11 is 8.73. The molecule has 37 heavy (non-hydrogen) atoms. The fourth-order valence-corrected chi connectivity index (χ4v) is 4.24. The minimum absolute atomic E-state index is 0.0110. The smallest absolute Gasteiger partial charge is 0.338 e. The first-order valence-corrected chi connectivity index (χ1v) is 12.8. The summed E-state index contributed by atoms with van der Waals surface area (Å²) in [6, 6.07) is 12.0. The quantitative estimate of drug-likeness (QED) is 0.164. The maximum Gasteiger partial charge on any atom is 0.338 e. The molecule has 1 aliphatic heterocycles. The molecular weight excluding hydrogens is 560 g/mol. The molecule has 0 saturated heterocycles. The number of carbonyl (C=O) groups is 2. The highest BCUT2D eigenvalue weighted by molar-refractivity contribution is 9.10. The van der Waals surface area contributed by atoms with Crippen molar-refractivity contribution in [1.29, 1.82) is 0 Å². The van der Waals surface area contributed by atoms with Crippen molar-refractivity contribution in [3.05, 3.63) is 69.3 Å². The van der Waals surface area contributed by atoms with Crippen LogP contribution in [-0.4, -0.2) is 42.5 Å². The molecule has 1 amide bonds. The van der Waals surface area contributed by atoms with Crippen LogP contribution in [0, 0.1) is 0 Å². The van der Waals surface area contributed by atoms with E-state index in [9.17, 15) is 9.59 Å². The van der Waals surface area contributed by atoms with Crippen LogP contribution in [0.25, 0.3) is 0 Å². The molecule has 2 aromatic carbocycles. The van der Waals surface area contributed by atoms with Gasteiger partial charge in [0, 0.05) is 21.3 Å². The van der Waals surface area contributed by atoms with Crippen LogP contribution in [-0.2, 0) is 14.3 Å². The summed E-state index contributed by atoms with van der Waals surface area (Å²) in [5.74, 6) is 0.133. The maximum atomic E-state index is 12.7. The molecule has 0 fully saturated rings. The van der Waals surface area contributed by atoms with E-state index >= 15 is 0 Å². The van der Waals surface area contributed by atoms with E-state index in [2.05, 4.69) is 37.1 Å². The minimum atomic E-state index is -0.610. The predicted molar refractivity (Wildman–Crippen MR) is 149 cm³/mol. The van der Waals surface area contributed by atoms with Gasteiger partial charge in [-0.3, -0.25) is 4.79 Å². The maximum absolute atomic E-state index is 12.7. The lowest BCUT2D eigenvalue weighted by Crippen LogP contribution is -2.45. The summed E-state index contributed by atoms with van der Waals surface area (Å²) in [5.41, 5.74) is 4.77. The van der Waals surface area contributed by atoms with Crippen molar-refractivity contribution < 1.29 is 23.8 Å². The van der Waals surface area contributed by atoms with E-state index in [1.807, 2.05) is 38.1 Å². The predicted octanol–water partition coefficient (Wildman–Crippen LogP) is 4.12. The Hall–Kier alpha value is -3.44. The molecule has 0 saturated carbocycles. The Morgan fingerprint density at radius 1 is 1.22 bits per heavy atom. The Morgan fingerprint density at radius 3 is 2.70 bits per heavy atom. The van der Waals surface area contributed by atoms with Crippen LogP contribution in [0.4, 0.5) is 0 Å². The lowest BCUT2D eigenvalue weighted by molar-refractivity contribution is -0.139. The standard InChI is InChI=1S/C26H29BrN4O5S/c1-5-34-25(33)23-16(4)29-26(37)30-24(23)19-8-6-7-9-21(19)35-14-22(32)31-28-13-17-12-18(27)10-11-20(17)36-15(2)3/h6-13,15,24H,5,14H2,1-4H3,(H,31,32)(H2,29,30,37)/t24-/m1/s1. The van der Waals surface area contributed by atoms with Gasteiger partial charge >= 0.3 is 5.97 Å². The van der Waals surface area contributed by atoms with Gasteiger partial charge < -0.3 is 24.8 Å². The van der Waals surface area contributed by atoms with Crippen LogP contribution in [0.2, 0.25) is 0 Å². The van der Waals surface area contributed by atoms with E-state index in [0.29, 0.717) is 39.0 Å². The van der Waals surface area contributed by atoms with E-state index < -0.39 is 17.9 Å². The average Bonchev–Trinajstić information content (AvgIpc) is 2.84. The number of hydrazone groups is 1. The zero-order valence-electron chi connectivity index (χ0n) is 21.0. The van der Waals surface area contributed by atoms with E-state index in [0.717, 1.165) is 4.47 Å². The average molecular weight is 590 g/mol. The third kappa shape index (κ3) is 7.77. The number of nitrogens with one attached hydrogen (secondary N) is 3. The van der Waals surface area contributed by atoms with Gasteiger partial charge in [0.05, 0.1) is 30.5 Å². The first-order chi connectivity index (χ1) is 17.7. The fraction of sp³-hybridized carbons (Fsp3) is 0.308. The number of amides is 1. The van der Waals surface area contributed by atoms with Crippen molar-refractivity contribution in [3.63, 3.8) is 0 Å². The zero-order valence-corrected chi connectivity index (χ0v) is 23.4. The van der Waals surface area contributed by atoms with Crippen molar-refractivity contribution in [2.75, 3.05) is 13.2 Å². The fourth-order valence-electron chi connectivity index (χ4n) is 3.59. The molecule has 0 aliphatic carbocycles. The highest BCUT2D eigenvalue weighted by Gasteiger charge is 2.32. The summed E-state index contributed by atoms with van der Waals surface area (Å²) < 4.78 is 17.7. The molecule has 11 heteroatoms. The van der Waals surface area contributed by atoms with Gasteiger partial charge in [0.1, 0.15) is 11.5 Å². The lowest BCUT2D eigenvalue weighted by atomic mass is 9.95. The summed E-state index contributed by atoms with van der Waals surface area (Å²) in [7, 11) is 0. The monoisotopic (exact) mass is 588 g/mol. The first-order valence-electron chi connectivity index (χ1n) is 11.6. The molecule has 0 radical (unpaired) electrons. The third-order valence-corrected chi connectivity index (χ3v) is 5.79. The number of allylic oxidation sites excluding steroid dienone is 1. The number of nitrogens with zero attached hydrogens (tertiary/aromatic N) is 1. The van der Waals surface area contributed by atoms with Crippen LogP contribution in [0.3, 0.4) is 0 Å². The van der Waals surface area contributed by atoms with Gasteiger partial charge in [-0.05, 0) is 64.2 Å². The van der Waals surface area contributed by atoms with Gasteiger partial charge in [0.2, 0.25) is 0 Å². The zero-order chi connectivity index (χ0) is 26.9. The molecule has 0 bridgehead atoms. The number of para-hydroxylation sites is 1. The van der Waals surface area contributed by atoms with Crippen molar-refractivity contribution >= 4 is 51.4 Å². The van der Waals surface area contributed by atoms with Crippen molar-refractivity contribution in [2.24, 2.45) is 5.10 Å². The van der Waals surface area contributed by atoms with E-state index in [1.54, 1.807) is 32.0 Å². The Labute approximate surface area is 229 Å². The molecule has 1 atom stereocenters. The first kappa shape index (κ1) is 28.1. The number of halogens is 1. The Kier molecular flexibility index (Phi) is 10.0. The molecule has 9 nitrogen and oxygen atoms in total. The molecule has 0 unspecified atom stereocenters. The number of rotatable bonds is 10. The van der Waals surface area contributed by atoms with Crippen LogP contribution in [0.15, 0.2) is 63.3 Å². The molecule has 2 aromatic rings. The molecular formula is C26H29BrN4O5S. The van der Waals surface area contributed by atoms with Crippen molar-refractivity contribution in [2.45, 2.75) is 39.8 Å². The number of carbonyl (C=O) groups excluding carboxylic acids is 2. The molecule has 0 aromatic heterocycles. The number of hydrogen-bond acceptors (Lipinski definition) is 7. The van der Waals surface area contributed by atoms with Gasteiger partial charge in [0.15, 0.2) is 11.7 Å². The third-order valence-electron chi connectivity index (χ3n) is 5.08. The van der Waals surface area contributed by atoms with Crippen LogP contribution in [0.1, 0.15) is 44.9 Å². The van der Waals surface area contributed by atoms with Crippen LogP contribution >= 0.6 is 28.1 Å². The molecule has 0 spiro atoms. The van der Waals surface area contributed by atoms with Gasteiger partial charge in [-0.1, -0.05) is 34.1 Å². The second-order valence-corrected chi connectivity index (χ2v) is 9.58. The summed E-state index contributed by atoms with van der Waals surface area (Å²) in [6.45, 7) is 7.29. The summed E-state index contributed by atoms with van der Waals surface area (Å²) in [4.78, 5) is 25.1. The van der Waals surface area contributed by atoms with Gasteiger partial charge in [0.25, 0.3) is 5.91 Å². The molecule has 3 rings (SSSR count). The van der Waals surface area contributed by atoms with Crippen LogP contribution in [0.5, 0.6) is 11.5 Å². The number of benzene rings is 2. The Bertz CT molecular complexity index is 1230. The van der Waals surface area contributed by atoms with Crippen molar-refractivity contribution in [1.82, 2.24) is 16.1 Å². The largest absolute Gasteiger partial charge is 0.490 e. The SMILES string of the molecule is CCOC(=O)C1=C(C)NC(=S)N[C@@H]1c1ccccc1OCC(=O)NN=Cc1cc(Br)ccc1OC(C)C. The van der Waals surface area contributed by atoms with Crippen molar-refractivity contribution in [3.8, 4) is 11.5 Å². The van der Waals surface area contributed by atoms with E-state index in [1.165, 1.54) is 6.21 Å². The normalized spacial score (nSPS) is 15.3. The topological polar surface area (TPSA) is 110 Å². The molecule has 1 aliphatic rings. The lowest BCUT2D eigenvalue weighted by Gasteiger charge is -2.30. The van der Waals surface area contributed by atoms with Crippen LogP contribution < -0.4 is 25.5 Å². The van der Waals surface area contributed by atoms with E-state index in [-0.39, 0.29) is 19.3 Å². The number of ether oxygens (including phenoxy) is 3. The number of hydrogen-bond donors (Lipinski definition) is 3. The van der Waals surface area contributed by atoms with Gasteiger partial charge in [-0.2, -0.15) is 5.10 Å². The number of thiocarbonyl (C=S) groups is 1. The Morgan fingerprint density at radius 2 is 1.97 bits per heavy atom. The highest BCUT2D eigenvalue weighted by atomic mass is 79.9. The molecule has 196 valence electrons. The highest BCUT2D eigenvalue weighted by Crippen LogP contribution is 2.33. The Balaban J connectivity index is 1.71. The second-order valence-electron chi connectivity index (χ2n) is 8.26. The molecule has 3 N–H and O–H groups in total. The minimum Gasteiger partial charge on any atom is -0.490 e. The second kappa shape index (κ2) is 13.2. The summed E-state index contributed by atoms with van der Waals surface area (Å²) in [5, 5.41) is 10.5. The number of esters is 1. The molecule has 1 heterocycles. The van der Waals surface area contributed by atoms with E-state index in [4.69, 9.17) is 26.4 Å². The van der Waals surface area contributed by atoms with Gasteiger partial charge in [-0.25, -0.2) is 10.2 Å².